The number of phenols is 5. The number of Topliss-reactive ketones (excluding diaryl/α,β-unsaturated/α-hetero) is 1. The lowest BCUT2D eigenvalue weighted by Crippen LogP contribution is -2.58. The van der Waals surface area contributed by atoms with Crippen LogP contribution in [0.15, 0.2) is 33.5 Å². The Balaban J connectivity index is 1.46. The van der Waals surface area contributed by atoms with Crippen LogP contribution in [0.2, 0.25) is 0 Å². The number of aliphatic hydroxyl groups is 5. The molecule has 2 aliphatic rings. The van der Waals surface area contributed by atoms with Crippen LogP contribution in [0.3, 0.4) is 0 Å². The van der Waals surface area contributed by atoms with Gasteiger partial charge in [0.25, 0.3) is 0 Å². The summed E-state index contributed by atoms with van der Waals surface area (Å²) >= 11 is 0. The van der Waals surface area contributed by atoms with Crippen LogP contribution >= 0.6 is 0 Å². The van der Waals surface area contributed by atoms with Gasteiger partial charge in [-0.2, -0.15) is 0 Å². The Bertz CT molecular complexity index is 1590. The molecule has 2 aromatic carbocycles. The normalized spacial score (nSPS) is 29.2. The van der Waals surface area contributed by atoms with Crippen LogP contribution in [0.4, 0.5) is 0 Å². The first kappa shape index (κ1) is 31.2. The van der Waals surface area contributed by atoms with Gasteiger partial charge in [-0.3, -0.25) is 9.59 Å². The van der Waals surface area contributed by atoms with Crippen molar-refractivity contribution >= 4 is 16.8 Å². The van der Waals surface area contributed by atoms with Crippen molar-refractivity contribution in [3.8, 4) is 45.8 Å². The largest absolute Gasteiger partial charge is 0.508 e. The third kappa shape index (κ3) is 5.70. The van der Waals surface area contributed by atoms with Gasteiger partial charge in [0.2, 0.25) is 17.5 Å². The number of aromatic hydroxyl groups is 5. The number of fused-ring (bicyclic) bond motifs is 1. The fourth-order valence-electron chi connectivity index (χ4n) is 4.84. The minimum Gasteiger partial charge on any atom is -0.508 e. The van der Waals surface area contributed by atoms with E-state index in [1.807, 2.05) is 0 Å². The lowest BCUT2D eigenvalue weighted by molar-refractivity contribution is -0.284. The number of phenolic OH excluding ortho intramolecular Hbond substituents is 5. The Morgan fingerprint density at radius 1 is 0.864 bits per heavy atom. The van der Waals surface area contributed by atoms with Gasteiger partial charge in [0.05, 0.1) is 19.3 Å². The zero-order chi connectivity index (χ0) is 32.0. The molecule has 5 rings (SSSR count). The van der Waals surface area contributed by atoms with Gasteiger partial charge in [-0.15, -0.1) is 0 Å². The van der Waals surface area contributed by atoms with Crippen LogP contribution < -0.4 is 10.2 Å². The molecule has 2 saturated heterocycles. The highest BCUT2D eigenvalue weighted by molar-refractivity contribution is 5.89. The molecule has 0 bridgehead atoms. The summed E-state index contributed by atoms with van der Waals surface area (Å²) in [5.74, 6) is -5.77. The second kappa shape index (κ2) is 12.1. The van der Waals surface area contributed by atoms with Crippen molar-refractivity contribution in [1.82, 2.24) is 0 Å². The molecule has 3 heterocycles. The number of ketones is 1. The van der Waals surface area contributed by atoms with E-state index in [9.17, 15) is 60.7 Å². The monoisotopic (exact) mass is 624 g/mol. The predicted molar refractivity (Wildman–Crippen MR) is 141 cm³/mol. The molecule has 238 valence electrons. The maximum absolute atomic E-state index is 13.6. The van der Waals surface area contributed by atoms with Crippen molar-refractivity contribution < 1.29 is 79.2 Å². The van der Waals surface area contributed by atoms with E-state index in [0.29, 0.717) is 0 Å². The van der Waals surface area contributed by atoms with Crippen LogP contribution in [0.25, 0.3) is 22.3 Å². The number of carbonyl (C=O) groups excluding carboxylic acids is 1. The molecule has 8 atom stereocenters. The molecule has 2 aliphatic heterocycles. The Labute approximate surface area is 245 Å². The number of hydrogen-bond donors (Lipinski definition) is 10. The van der Waals surface area contributed by atoms with Gasteiger partial charge >= 0.3 is 0 Å². The van der Waals surface area contributed by atoms with Crippen molar-refractivity contribution in [2.75, 3.05) is 13.2 Å². The predicted octanol–water partition coefficient (Wildman–Crippen LogP) is -1.77. The molecule has 2 fully saturated rings. The zero-order valence-electron chi connectivity index (χ0n) is 22.4. The third-order valence-electron chi connectivity index (χ3n) is 7.13. The van der Waals surface area contributed by atoms with E-state index in [4.69, 9.17) is 23.4 Å². The summed E-state index contributed by atoms with van der Waals surface area (Å²) in [7, 11) is 0. The van der Waals surface area contributed by atoms with Crippen molar-refractivity contribution in [3.05, 3.63) is 34.5 Å². The minimum atomic E-state index is -1.94. The molecule has 10 N–H and O–H groups in total. The summed E-state index contributed by atoms with van der Waals surface area (Å²) in [5, 5.41) is 100. The van der Waals surface area contributed by atoms with E-state index < -0.39 is 126 Å². The van der Waals surface area contributed by atoms with Gasteiger partial charge in [-0.05, 0) is 12.1 Å². The standard InChI is InChI=1S/C27H28O17/c28-6-15-21(36)23(38)24(39)27(43-15)40-7-16-20(35)13(33)5-17(41-16)44-26-22(37)18-10(30)3-9(29)4-14(18)42-25(26)8-1-11(31)19(34)12(32)2-8/h1-4,13,15-17,20,23-24,27-35,38-39H,5-7H2/t13-,15-,16-,17+,20-,23+,24+,27-/m1/s1. The number of carbonyl (C=O) groups is 1. The smallest absolute Gasteiger partial charge is 0.239 e. The SMILES string of the molecule is O=C1[C@@H](CO)O[C@@H](OC[C@H]2O[C@@H](Oc3c(-c4cc(O)c(O)c(O)c4)oc4cc(O)cc(O)c4c3=O)C[C@@H](O)[C@H]2O)[C@@H](O)[C@H]1O. The summed E-state index contributed by atoms with van der Waals surface area (Å²) in [5.41, 5.74) is -1.56. The second-order valence-electron chi connectivity index (χ2n) is 10.2. The molecule has 17 heteroatoms. The van der Waals surface area contributed by atoms with Gasteiger partial charge in [0, 0.05) is 24.1 Å². The fraction of sp³-hybridized carbons (Fsp3) is 0.407. The Kier molecular flexibility index (Phi) is 8.56. The molecule has 44 heavy (non-hydrogen) atoms. The number of aliphatic hydroxyl groups excluding tert-OH is 5. The third-order valence-corrected chi connectivity index (χ3v) is 7.13. The number of benzene rings is 2. The zero-order valence-corrected chi connectivity index (χ0v) is 22.4. The summed E-state index contributed by atoms with van der Waals surface area (Å²) < 4.78 is 27.7. The highest BCUT2D eigenvalue weighted by Crippen LogP contribution is 2.43. The summed E-state index contributed by atoms with van der Waals surface area (Å²) in [6.45, 7) is -1.44. The number of hydrogen-bond acceptors (Lipinski definition) is 17. The van der Waals surface area contributed by atoms with E-state index in [0.717, 1.165) is 24.3 Å². The highest BCUT2D eigenvalue weighted by Gasteiger charge is 2.45. The summed E-state index contributed by atoms with van der Waals surface area (Å²) in [4.78, 5) is 25.5. The first-order valence-corrected chi connectivity index (χ1v) is 13.0. The maximum atomic E-state index is 13.6. The lowest BCUT2D eigenvalue weighted by Gasteiger charge is -2.39. The highest BCUT2D eigenvalue weighted by atomic mass is 16.7. The van der Waals surface area contributed by atoms with Gasteiger partial charge in [0.15, 0.2) is 35.1 Å². The molecule has 1 aromatic heterocycles. The first-order valence-electron chi connectivity index (χ1n) is 13.0. The van der Waals surface area contributed by atoms with Gasteiger partial charge in [-0.25, -0.2) is 0 Å². The molecule has 0 amide bonds. The van der Waals surface area contributed by atoms with Crippen LogP contribution in [-0.4, -0.2) is 119 Å². The van der Waals surface area contributed by atoms with Crippen molar-refractivity contribution in [2.45, 2.75) is 55.6 Å². The van der Waals surface area contributed by atoms with Crippen LogP contribution in [0, 0.1) is 0 Å². The Morgan fingerprint density at radius 3 is 2.20 bits per heavy atom. The molecular formula is C27H28O17. The maximum Gasteiger partial charge on any atom is 0.239 e. The van der Waals surface area contributed by atoms with E-state index in [-0.39, 0.29) is 11.1 Å². The Morgan fingerprint density at radius 2 is 1.55 bits per heavy atom. The van der Waals surface area contributed by atoms with E-state index in [1.165, 1.54) is 0 Å². The molecule has 0 radical (unpaired) electrons. The van der Waals surface area contributed by atoms with Crippen molar-refractivity contribution in [2.24, 2.45) is 0 Å². The fourth-order valence-corrected chi connectivity index (χ4v) is 4.84. The average molecular weight is 625 g/mol. The molecule has 0 saturated carbocycles. The topological polar surface area (TPSA) is 286 Å². The summed E-state index contributed by atoms with van der Waals surface area (Å²) in [6, 6.07) is 3.70. The summed E-state index contributed by atoms with van der Waals surface area (Å²) in [6.07, 6.45) is -13.5. The average Bonchev–Trinajstić information content (AvgIpc) is 2.97. The lowest BCUT2D eigenvalue weighted by atomic mass is 10.0. The van der Waals surface area contributed by atoms with Crippen LogP contribution in [0.5, 0.6) is 34.5 Å². The Hall–Kier alpha value is -4.20. The molecule has 3 aromatic rings. The molecule has 0 unspecified atom stereocenters. The van der Waals surface area contributed by atoms with E-state index in [2.05, 4.69) is 0 Å². The number of ether oxygens (including phenoxy) is 4. The second-order valence-corrected chi connectivity index (χ2v) is 10.2. The number of rotatable bonds is 7. The molecule has 0 spiro atoms. The molecular weight excluding hydrogens is 596 g/mol. The van der Waals surface area contributed by atoms with Crippen molar-refractivity contribution in [3.63, 3.8) is 0 Å². The van der Waals surface area contributed by atoms with E-state index in [1.54, 1.807) is 0 Å². The van der Waals surface area contributed by atoms with Gasteiger partial charge in [0.1, 0.15) is 53.0 Å². The first-order chi connectivity index (χ1) is 20.8. The molecule has 0 aliphatic carbocycles. The quantitative estimate of drug-likeness (QED) is 0.130. The van der Waals surface area contributed by atoms with Crippen LogP contribution in [0.1, 0.15) is 6.42 Å². The van der Waals surface area contributed by atoms with Gasteiger partial charge in [-0.1, -0.05) is 0 Å². The van der Waals surface area contributed by atoms with Crippen LogP contribution in [-0.2, 0) is 19.0 Å². The van der Waals surface area contributed by atoms with E-state index >= 15 is 0 Å². The molecule has 17 nitrogen and oxygen atoms in total. The minimum absolute atomic E-state index is 0.208. The van der Waals surface area contributed by atoms with Gasteiger partial charge < -0.3 is 74.4 Å². The van der Waals surface area contributed by atoms with Crippen molar-refractivity contribution in [1.29, 1.82) is 0 Å².